The van der Waals surface area contributed by atoms with Crippen molar-refractivity contribution in [2.45, 2.75) is 44.8 Å². The molecule has 1 aliphatic carbocycles. The number of nitrogens with zero attached hydrogens (tertiary/aromatic N) is 2. The highest BCUT2D eigenvalue weighted by Crippen LogP contribution is 2.26. The van der Waals surface area contributed by atoms with Crippen molar-refractivity contribution in [3.8, 4) is 0 Å². The minimum atomic E-state index is -0.219. The highest BCUT2D eigenvalue weighted by atomic mass is 16.3. The molecule has 98 valence electrons. The van der Waals surface area contributed by atoms with E-state index >= 15 is 0 Å². The van der Waals surface area contributed by atoms with Crippen LogP contribution in [-0.4, -0.2) is 59.6 Å². The van der Waals surface area contributed by atoms with E-state index in [9.17, 15) is 9.90 Å². The van der Waals surface area contributed by atoms with Gasteiger partial charge in [-0.2, -0.15) is 0 Å². The van der Waals surface area contributed by atoms with Crippen molar-refractivity contribution in [2.75, 3.05) is 26.7 Å². The lowest BCUT2D eigenvalue weighted by Gasteiger charge is -2.38. The zero-order valence-electron chi connectivity index (χ0n) is 10.9. The molecule has 2 aliphatic rings. The van der Waals surface area contributed by atoms with Crippen LogP contribution in [0.3, 0.4) is 0 Å². The Bertz CT molecular complexity index is 269. The number of β-amino-alcohol motifs (C(OH)–C–C–N with tert-alkyl or cyclic N) is 1. The van der Waals surface area contributed by atoms with E-state index in [1.54, 1.807) is 0 Å². The first kappa shape index (κ1) is 12.8. The Balaban J connectivity index is 1.74. The fraction of sp³-hybridized carbons (Fsp3) is 0.923. The smallest absolute Gasteiger partial charge is 0.236 e. The average molecular weight is 240 g/mol. The number of amides is 1. The van der Waals surface area contributed by atoms with E-state index < -0.39 is 0 Å². The van der Waals surface area contributed by atoms with Crippen molar-refractivity contribution in [2.24, 2.45) is 5.92 Å². The molecule has 4 nitrogen and oxygen atoms in total. The fourth-order valence-corrected chi connectivity index (χ4v) is 2.81. The number of rotatable bonds is 3. The molecule has 2 fully saturated rings. The summed E-state index contributed by atoms with van der Waals surface area (Å²) in [5, 5.41) is 9.18. The molecular weight excluding hydrogens is 216 g/mol. The van der Waals surface area contributed by atoms with Gasteiger partial charge in [0.2, 0.25) is 5.91 Å². The maximum atomic E-state index is 12.0. The second-order valence-corrected chi connectivity index (χ2v) is 5.77. The predicted molar refractivity (Wildman–Crippen MR) is 66.6 cm³/mol. The number of aliphatic hydroxyl groups excluding tert-OH is 1. The summed E-state index contributed by atoms with van der Waals surface area (Å²) in [6.07, 6.45) is 4.55. The number of carbonyl (C=O) groups excluding carboxylic acids is 1. The maximum absolute atomic E-state index is 12.0. The Hall–Kier alpha value is -0.610. The van der Waals surface area contributed by atoms with E-state index in [2.05, 4.69) is 6.92 Å². The average Bonchev–Trinajstić information content (AvgIpc) is 2.27. The van der Waals surface area contributed by atoms with Crippen LogP contribution in [0.1, 0.15) is 32.6 Å². The summed E-state index contributed by atoms with van der Waals surface area (Å²) in [4.78, 5) is 16.0. The Kier molecular flexibility index (Phi) is 4.05. The van der Waals surface area contributed by atoms with E-state index in [0.717, 1.165) is 18.8 Å². The normalized spacial score (nSPS) is 31.0. The Morgan fingerprint density at radius 2 is 1.88 bits per heavy atom. The summed E-state index contributed by atoms with van der Waals surface area (Å²) in [7, 11) is 1.93. The van der Waals surface area contributed by atoms with Gasteiger partial charge in [0.05, 0.1) is 12.6 Å². The molecule has 4 heteroatoms. The van der Waals surface area contributed by atoms with Gasteiger partial charge < -0.3 is 10.0 Å². The number of hydrogen-bond donors (Lipinski definition) is 1. The molecule has 1 saturated heterocycles. The summed E-state index contributed by atoms with van der Waals surface area (Å²) in [5.74, 6) is 1.02. The van der Waals surface area contributed by atoms with Gasteiger partial charge in [-0.05, 0) is 31.6 Å². The zero-order chi connectivity index (χ0) is 12.4. The summed E-state index contributed by atoms with van der Waals surface area (Å²) in [5.41, 5.74) is 0. The summed E-state index contributed by atoms with van der Waals surface area (Å²) < 4.78 is 0. The van der Waals surface area contributed by atoms with Gasteiger partial charge in [-0.1, -0.05) is 6.92 Å². The van der Waals surface area contributed by atoms with Crippen molar-refractivity contribution >= 4 is 5.91 Å². The second-order valence-electron chi connectivity index (χ2n) is 5.77. The van der Waals surface area contributed by atoms with E-state index in [1.165, 1.54) is 12.8 Å². The minimum absolute atomic E-state index is 0.205. The van der Waals surface area contributed by atoms with E-state index in [0.29, 0.717) is 25.7 Å². The third-order valence-corrected chi connectivity index (χ3v) is 4.22. The highest BCUT2D eigenvalue weighted by Gasteiger charge is 2.29. The lowest BCUT2D eigenvalue weighted by molar-refractivity contribution is -0.136. The molecule has 0 aromatic heterocycles. The number of likely N-dealkylation sites (N-methyl/N-ethyl adjacent to an activating group) is 1. The molecule has 1 amide bonds. The number of carbonyl (C=O) groups is 1. The van der Waals surface area contributed by atoms with Crippen molar-refractivity contribution in [3.05, 3.63) is 0 Å². The maximum Gasteiger partial charge on any atom is 0.236 e. The topological polar surface area (TPSA) is 43.8 Å². The first-order valence-corrected chi connectivity index (χ1v) is 6.72. The van der Waals surface area contributed by atoms with Crippen LogP contribution < -0.4 is 0 Å². The molecule has 0 unspecified atom stereocenters. The zero-order valence-corrected chi connectivity index (χ0v) is 10.9. The van der Waals surface area contributed by atoms with Crippen LogP contribution in [0.2, 0.25) is 0 Å². The molecule has 0 spiro atoms. The fourth-order valence-electron chi connectivity index (χ4n) is 2.81. The van der Waals surface area contributed by atoms with Gasteiger partial charge in [0, 0.05) is 26.2 Å². The van der Waals surface area contributed by atoms with Gasteiger partial charge in [0.25, 0.3) is 0 Å². The van der Waals surface area contributed by atoms with Crippen molar-refractivity contribution in [1.29, 1.82) is 0 Å². The highest BCUT2D eigenvalue weighted by molar-refractivity contribution is 5.78. The Morgan fingerprint density at radius 3 is 2.41 bits per heavy atom. The number of aliphatic hydroxyl groups is 1. The molecule has 0 aromatic rings. The van der Waals surface area contributed by atoms with E-state index in [-0.39, 0.29) is 12.0 Å². The summed E-state index contributed by atoms with van der Waals surface area (Å²) in [6, 6.07) is 0.435. The standard InChI is InChI=1S/C13H24N2O2/c1-10-3-5-11(6-4-10)14(2)13(17)9-15-7-12(16)8-15/h10-12,16H,3-9H2,1-2H3. The molecule has 0 radical (unpaired) electrons. The molecule has 1 aliphatic heterocycles. The first-order chi connectivity index (χ1) is 8.06. The Morgan fingerprint density at radius 1 is 1.29 bits per heavy atom. The molecule has 0 bridgehead atoms. The molecule has 2 rings (SSSR count). The molecule has 1 saturated carbocycles. The monoisotopic (exact) mass is 240 g/mol. The SMILES string of the molecule is CC1CCC(N(C)C(=O)CN2CC(O)C2)CC1. The summed E-state index contributed by atoms with van der Waals surface area (Å²) in [6.45, 7) is 4.07. The van der Waals surface area contributed by atoms with Gasteiger partial charge in [0.1, 0.15) is 0 Å². The van der Waals surface area contributed by atoms with Crippen LogP contribution in [0.25, 0.3) is 0 Å². The molecule has 17 heavy (non-hydrogen) atoms. The number of likely N-dealkylation sites (tertiary alicyclic amines) is 1. The molecule has 1 N–H and O–H groups in total. The van der Waals surface area contributed by atoms with Crippen molar-refractivity contribution in [3.63, 3.8) is 0 Å². The minimum Gasteiger partial charge on any atom is -0.390 e. The van der Waals surface area contributed by atoms with Gasteiger partial charge in [-0.25, -0.2) is 0 Å². The van der Waals surface area contributed by atoms with Crippen LogP contribution >= 0.6 is 0 Å². The molecule has 0 aromatic carbocycles. The third-order valence-electron chi connectivity index (χ3n) is 4.22. The quantitative estimate of drug-likeness (QED) is 0.790. The van der Waals surface area contributed by atoms with Crippen LogP contribution in [-0.2, 0) is 4.79 Å². The number of hydrogen-bond acceptors (Lipinski definition) is 3. The van der Waals surface area contributed by atoms with Gasteiger partial charge in [-0.3, -0.25) is 9.69 Å². The van der Waals surface area contributed by atoms with Gasteiger partial charge in [-0.15, -0.1) is 0 Å². The largest absolute Gasteiger partial charge is 0.390 e. The van der Waals surface area contributed by atoms with Gasteiger partial charge in [0.15, 0.2) is 0 Å². The third kappa shape index (κ3) is 3.19. The van der Waals surface area contributed by atoms with Gasteiger partial charge >= 0.3 is 0 Å². The van der Waals surface area contributed by atoms with E-state index in [4.69, 9.17) is 0 Å². The molecule has 0 atom stereocenters. The van der Waals surface area contributed by atoms with Crippen LogP contribution in [0, 0.1) is 5.92 Å². The van der Waals surface area contributed by atoms with Crippen LogP contribution in [0.4, 0.5) is 0 Å². The van der Waals surface area contributed by atoms with Crippen LogP contribution in [0.15, 0.2) is 0 Å². The first-order valence-electron chi connectivity index (χ1n) is 6.72. The van der Waals surface area contributed by atoms with E-state index in [1.807, 2.05) is 16.8 Å². The lowest BCUT2D eigenvalue weighted by atomic mass is 9.87. The summed E-state index contributed by atoms with van der Waals surface area (Å²) >= 11 is 0. The van der Waals surface area contributed by atoms with Crippen LogP contribution in [0.5, 0.6) is 0 Å². The Labute approximate surface area is 104 Å². The predicted octanol–water partition coefficient (Wildman–Crippen LogP) is 0.700. The van der Waals surface area contributed by atoms with Crippen molar-refractivity contribution < 1.29 is 9.90 Å². The molecular formula is C13H24N2O2. The second kappa shape index (κ2) is 5.36. The molecule has 1 heterocycles. The van der Waals surface area contributed by atoms with Crippen molar-refractivity contribution in [1.82, 2.24) is 9.80 Å². The lowest BCUT2D eigenvalue weighted by Crippen LogP contribution is -2.55.